The van der Waals surface area contributed by atoms with E-state index in [2.05, 4.69) is 225 Å². The van der Waals surface area contributed by atoms with Gasteiger partial charge in [0.2, 0.25) is 0 Å². The summed E-state index contributed by atoms with van der Waals surface area (Å²) in [5.74, 6) is 0.466. The molecule has 0 aromatic heterocycles. The average Bonchev–Trinajstić information content (AvgIpc) is 0.833. The fraction of sp³-hybridized carbons (Fsp3) is 0.794. The number of carbonyl (C=O) groups is 2. The average molecular weight is 1880 g/mol. The zero-order chi connectivity index (χ0) is 98.5. The highest BCUT2D eigenvalue weighted by molar-refractivity contribution is 5.68. The molecule has 0 aliphatic carbocycles. The van der Waals surface area contributed by atoms with Gasteiger partial charge in [-0.2, -0.15) is 0 Å². The van der Waals surface area contributed by atoms with Crippen molar-refractivity contribution in [3.8, 4) is 0 Å². The number of rotatable bonds is 102. The minimum atomic E-state index is -0.984. The number of nitrogens with zero attached hydrogens (tertiary/aromatic N) is 4. The van der Waals surface area contributed by atoms with Crippen LogP contribution in [0.2, 0.25) is 0 Å². The summed E-state index contributed by atoms with van der Waals surface area (Å²) in [7, 11) is 12.2. The third-order valence-electron chi connectivity index (χ3n) is 27.0. The number of aliphatic hydroxyl groups is 1. The molecule has 9 heteroatoms. The SMILES string of the molecule is CCCCC/C=C\C/C=C\CCCCCCCCC(CCCCCCCC/C=C\C/C=C\CCCCC)C(CCCCCCCC/C=C\C/C=C\CCCCC)OC(=O)N(C)CCCN(C)C.CCCCC/C=C\C/C=C\CCCCCCCCC(OC(=O)N(C)CCCN(C)C)C(O)(CCCCCCCC/C=C\C/C=C\CCCCC)CCCCCCCC/C=C\C/C=C\CCCCC. The van der Waals surface area contributed by atoms with Gasteiger partial charge in [-0.1, -0.05) is 444 Å². The molecular formula is C126H232N4O5. The zero-order valence-corrected chi connectivity index (χ0v) is 92.4. The topological polar surface area (TPSA) is 85.8 Å². The summed E-state index contributed by atoms with van der Waals surface area (Å²) >= 11 is 0. The van der Waals surface area contributed by atoms with Gasteiger partial charge in [-0.25, -0.2) is 9.59 Å². The minimum Gasteiger partial charge on any atom is -0.446 e. The molecule has 0 aliphatic rings. The molecule has 786 valence electrons. The van der Waals surface area contributed by atoms with Crippen LogP contribution in [0.25, 0.3) is 0 Å². The van der Waals surface area contributed by atoms with Crippen molar-refractivity contribution in [2.45, 2.75) is 573 Å². The van der Waals surface area contributed by atoms with Crippen molar-refractivity contribution in [2.75, 3.05) is 68.5 Å². The number of carbonyl (C=O) groups excluding carboxylic acids is 2. The van der Waals surface area contributed by atoms with Crippen LogP contribution in [0.4, 0.5) is 9.59 Å². The van der Waals surface area contributed by atoms with E-state index in [1.807, 2.05) is 19.0 Å². The molecule has 0 saturated carbocycles. The number of amides is 2. The van der Waals surface area contributed by atoms with Crippen LogP contribution < -0.4 is 0 Å². The Morgan fingerprint density at radius 3 is 0.644 bits per heavy atom. The summed E-state index contributed by atoms with van der Waals surface area (Å²) in [4.78, 5) is 35.2. The lowest BCUT2D eigenvalue weighted by Gasteiger charge is -2.37. The normalized spacial score (nSPS) is 13.0. The molecule has 2 amide bonds. The first-order chi connectivity index (χ1) is 66.3. The maximum absolute atomic E-state index is 13.6. The Labute approximate surface area is 843 Å². The Morgan fingerprint density at radius 2 is 0.415 bits per heavy atom. The fourth-order valence-electron chi connectivity index (χ4n) is 17.9. The van der Waals surface area contributed by atoms with Gasteiger partial charge in [-0.15, -0.1) is 0 Å². The Morgan fingerprint density at radius 1 is 0.222 bits per heavy atom. The molecule has 0 heterocycles. The maximum atomic E-state index is 13.6. The van der Waals surface area contributed by atoms with Crippen LogP contribution in [0.1, 0.15) is 555 Å². The molecule has 1 N–H and O–H groups in total. The van der Waals surface area contributed by atoms with E-state index in [-0.39, 0.29) is 18.3 Å². The highest BCUT2D eigenvalue weighted by Crippen LogP contribution is 2.34. The van der Waals surface area contributed by atoms with E-state index in [1.54, 1.807) is 4.90 Å². The van der Waals surface area contributed by atoms with Gasteiger partial charge in [0.15, 0.2) is 0 Å². The first-order valence-electron chi connectivity index (χ1n) is 58.9. The fourth-order valence-corrected chi connectivity index (χ4v) is 17.9. The third-order valence-corrected chi connectivity index (χ3v) is 27.0. The van der Waals surface area contributed by atoms with E-state index in [1.165, 1.54) is 392 Å². The molecule has 0 aliphatic heterocycles. The smallest absolute Gasteiger partial charge is 0.409 e. The van der Waals surface area contributed by atoms with Crippen LogP contribution >= 0.6 is 0 Å². The van der Waals surface area contributed by atoms with Crippen molar-refractivity contribution in [2.24, 2.45) is 5.92 Å². The lowest BCUT2D eigenvalue weighted by molar-refractivity contribution is -0.101. The third kappa shape index (κ3) is 102. The van der Waals surface area contributed by atoms with Gasteiger partial charge in [-0.3, -0.25) is 0 Å². The van der Waals surface area contributed by atoms with Crippen molar-refractivity contribution in [1.29, 1.82) is 0 Å². The van der Waals surface area contributed by atoms with E-state index in [0.29, 0.717) is 25.3 Å². The number of hydrogen-bond acceptors (Lipinski definition) is 7. The first kappa shape index (κ1) is 132. The standard InChI is InChI=1S/C63H116N2O3.C63H116N2O2/c1-7-10-13-16-19-22-25-28-31-34-37-40-43-46-49-52-56-61(68-62(66)65(6)60-55-59-64(4)5)63(67,57-53-50-47-44-41-38-35-32-29-26-23-20-17-14-11-8-2)58-54-51-48-45-42-39-36-33-30-27-24-21-18-15-12-9-3;1-7-10-13-16-19-22-25-28-31-34-37-40-43-46-49-52-56-61(57-53-50-47-44-41-38-35-32-29-26-23-20-17-14-11-8-2)62(67-63(66)65(6)60-55-59-64(4)5)58-54-51-48-45-42-39-36-33-30-27-24-21-18-15-12-9-3/h19-24,28-33,61,67H,7-18,25-27,34-60H2,1-6H3;19-24,28-33,61-62H,7-18,25-27,34-60H2,1-6H3/b2*22-19-,23-20-,24-21-,31-28-,32-29-,33-30-. The second-order valence-electron chi connectivity index (χ2n) is 41.0. The van der Waals surface area contributed by atoms with Crippen LogP contribution in [0.15, 0.2) is 146 Å². The molecule has 2 atom stereocenters. The number of hydrogen-bond donors (Lipinski definition) is 1. The summed E-state index contributed by atoms with van der Waals surface area (Å²) in [5.41, 5.74) is -0.984. The summed E-state index contributed by atoms with van der Waals surface area (Å²) in [6.45, 7) is 16.9. The van der Waals surface area contributed by atoms with Crippen molar-refractivity contribution in [1.82, 2.24) is 19.6 Å². The van der Waals surface area contributed by atoms with Crippen molar-refractivity contribution < 1.29 is 24.2 Å². The molecule has 0 spiro atoms. The monoisotopic (exact) mass is 1880 g/mol. The van der Waals surface area contributed by atoms with Gasteiger partial charge in [0, 0.05) is 27.2 Å². The molecule has 0 bridgehead atoms. The summed E-state index contributed by atoms with van der Waals surface area (Å²) < 4.78 is 13.0. The summed E-state index contributed by atoms with van der Waals surface area (Å²) in [6, 6.07) is 0. The van der Waals surface area contributed by atoms with Crippen molar-refractivity contribution in [3.05, 3.63) is 146 Å². The van der Waals surface area contributed by atoms with Crippen molar-refractivity contribution >= 4 is 12.2 Å². The quantitative estimate of drug-likeness (QED) is 0.0480. The van der Waals surface area contributed by atoms with Crippen LogP contribution in [0.5, 0.6) is 0 Å². The molecule has 0 fully saturated rings. The summed E-state index contributed by atoms with van der Waals surface area (Å²) in [5, 5.41) is 12.7. The Bertz CT molecular complexity index is 2690. The van der Waals surface area contributed by atoms with Gasteiger partial charge >= 0.3 is 12.2 Å². The number of unbranched alkanes of at least 4 members (excludes halogenated alkanes) is 54. The second-order valence-corrected chi connectivity index (χ2v) is 41.0. The van der Waals surface area contributed by atoms with Gasteiger partial charge in [-0.05, 0) is 304 Å². The van der Waals surface area contributed by atoms with E-state index in [9.17, 15) is 14.7 Å². The van der Waals surface area contributed by atoms with E-state index >= 15 is 0 Å². The lowest BCUT2D eigenvalue weighted by atomic mass is 9.82. The summed E-state index contributed by atoms with van der Waals surface area (Å²) in [6.07, 6.45) is 152. The Hall–Kier alpha value is -4.70. The maximum Gasteiger partial charge on any atom is 0.409 e. The Kier molecular flexibility index (Phi) is 109. The Balaban J connectivity index is 0. The second kappa shape index (κ2) is 111. The molecule has 0 saturated heterocycles. The molecule has 0 radical (unpaired) electrons. The predicted molar refractivity (Wildman–Crippen MR) is 604 cm³/mol. The molecule has 2 unspecified atom stereocenters. The van der Waals surface area contributed by atoms with E-state index in [0.717, 1.165) is 129 Å². The largest absolute Gasteiger partial charge is 0.446 e. The minimum absolute atomic E-state index is 0.0329. The van der Waals surface area contributed by atoms with Crippen molar-refractivity contribution in [3.63, 3.8) is 0 Å². The molecule has 0 rings (SSSR count). The van der Waals surface area contributed by atoms with Crippen LogP contribution in [-0.2, 0) is 9.47 Å². The molecule has 0 aromatic rings. The number of allylic oxidation sites excluding steroid dienone is 24. The molecular weight excluding hydrogens is 1650 g/mol. The zero-order valence-electron chi connectivity index (χ0n) is 92.4. The van der Waals surface area contributed by atoms with Crippen LogP contribution in [0, 0.1) is 5.92 Å². The van der Waals surface area contributed by atoms with Crippen LogP contribution in [0.3, 0.4) is 0 Å². The molecule has 0 aromatic carbocycles. The van der Waals surface area contributed by atoms with E-state index < -0.39 is 11.7 Å². The lowest BCUT2D eigenvalue weighted by Crippen LogP contribution is -2.47. The molecule has 9 nitrogen and oxygen atoms in total. The van der Waals surface area contributed by atoms with Crippen LogP contribution in [-0.4, -0.2) is 123 Å². The van der Waals surface area contributed by atoms with Gasteiger partial charge in [0.05, 0.1) is 0 Å². The van der Waals surface area contributed by atoms with Gasteiger partial charge in [0.25, 0.3) is 0 Å². The first-order valence-corrected chi connectivity index (χ1v) is 58.9. The van der Waals surface area contributed by atoms with Gasteiger partial charge in [0.1, 0.15) is 17.8 Å². The highest BCUT2D eigenvalue weighted by Gasteiger charge is 2.39. The number of ether oxygens (including phenoxy) is 2. The molecule has 135 heavy (non-hydrogen) atoms. The van der Waals surface area contributed by atoms with E-state index in [4.69, 9.17) is 9.47 Å². The highest BCUT2D eigenvalue weighted by atomic mass is 16.6. The van der Waals surface area contributed by atoms with Gasteiger partial charge < -0.3 is 34.2 Å². The predicted octanol–water partition coefficient (Wildman–Crippen LogP) is 40.3.